The number of aldehydes is 1. The smallest absolute Gasteiger partial charge is 0.310 e. The van der Waals surface area contributed by atoms with Gasteiger partial charge in [0, 0.05) is 0 Å². The predicted octanol–water partition coefficient (Wildman–Crippen LogP) is 1.48. The second-order valence-corrected chi connectivity index (χ2v) is 3.46. The zero-order valence-corrected chi connectivity index (χ0v) is 10.2. The van der Waals surface area contributed by atoms with Gasteiger partial charge in [0.2, 0.25) is 0 Å². The average Bonchev–Trinajstić information content (AvgIpc) is 2.38. The Morgan fingerprint density at radius 2 is 2.22 bits per heavy atom. The second-order valence-electron chi connectivity index (χ2n) is 3.46. The third-order valence-corrected chi connectivity index (χ3v) is 2.34. The second kappa shape index (κ2) is 6.40. The van der Waals surface area contributed by atoms with Gasteiger partial charge in [0.05, 0.1) is 37.3 Å². The van der Waals surface area contributed by atoms with Gasteiger partial charge in [-0.2, -0.15) is 5.26 Å². The maximum absolute atomic E-state index is 11.4. The van der Waals surface area contributed by atoms with Crippen LogP contribution < -0.4 is 4.74 Å². The molecule has 5 heteroatoms. The first-order chi connectivity index (χ1) is 8.65. The fourth-order valence-electron chi connectivity index (χ4n) is 1.53. The molecule has 1 aromatic carbocycles. The molecule has 0 fully saturated rings. The fraction of sp³-hybridized carbons (Fsp3) is 0.308. The predicted molar refractivity (Wildman–Crippen MR) is 63.4 cm³/mol. The van der Waals surface area contributed by atoms with E-state index in [-0.39, 0.29) is 24.2 Å². The Hall–Kier alpha value is -2.35. The number of methoxy groups -OCH3 is 1. The van der Waals surface area contributed by atoms with Crippen molar-refractivity contribution in [1.29, 1.82) is 5.26 Å². The molecule has 0 radical (unpaired) electrons. The van der Waals surface area contributed by atoms with E-state index >= 15 is 0 Å². The highest BCUT2D eigenvalue weighted by atomic mass is 16.5. The summed E-state index contributed by atoms with van der Waals surface area (Å²) < 4.78 is 9.84. The molecule has 0 unspecified atom stereocenters. The largest absolute Gasteiger partial charge is 0.496 e. The fourth-order valence-corrected chi connectivity index (χ4v) is 1.53. The molecule has 0 bridgehead atoms. The average molecular weight is 247 g/mol. The molecule has 0 spiro atoms. The van der Waals surface area contributed by atoms with Crippen LogP contribution in [0.5, 0.6) is 5.75 Å². The number of rotatable bonds is 5. The highest BCUT2D eigenvalue weighted by Gasteiger charge is 2.13. The standard InChI is InChI=1S/C13H13NO4/c1-3-18-13(16)6-9-5-12(17-2)11(8-15)4-10(9)7-14/h4-5,8H,3,6H2,1-2H3. The number of benzene rings is 1. The van der Waals surface area contributed by atoms with E-state index in [9.17, 15) is 9.59 Å². The monoisotopic (exact) mass is 247 g/mol. The van der Waals surface area contributed by atoms with Crippen molar-refractivity contribution >= 4 is 12.3 Å². The molecule has 18 heavy (non-hydrogen) atoms. The third-order valence-electron chi connectivity index (χ3n) is 2.34. The summed E-state index contributed by atoms with van der Waals surface area (Å²) >= 11 is 0. The van der Waals surface area contributed by atoms with Gasteiger partial charge >= 0.3 is 5.97 Å². The van der Waals surface area contributed by atoms with Crippen LogP contribution in [0, 0.1) is 11.3 Å². The molecule has 94 valence electrons. The maximum atomic E-state index is 11.4. The molecule has 0 aliphatic carbocycles. The van der Waals surface area contributed by atoms with Gasteiger partial charge in [-0.1, -0.05) is 0 Å². The first-order valence-electron chi connectivity index (χ1n) is 5.38. The number of hydrogen-bond donors (Lipinski definition) is 0. The summed E-state index contributed by atoms with van der Waals surface area (Å²) in [5.74, 6) is -0.0850. The Morgan fingerprint density at radius 3 is 2.72 bits per heavy atom. The van der Waals surface area contributed by atoms with Crippen LogP contribution in [0.25, 0.3) is 0 Å². The molecule has 0 saturated carbocycles. The first kappa shape index (κ1) is 13.7. The van der Waals surface area contributed by atoms with Gasteiger partial charge < -0.3 is 9.47 Å². The van der Waals surface area contributed by atoms with E-state index < -0.39 is 5.97 Å². The van der Waals surface area contributed by atoms with Crippen LogP contribution in [0.4, 0.5) is 0 Å². The topological polar surface area (TPSA) is 76.4 Å². The Bertz CT molecular complexity index is 502. The van der Waals surface area contributed by atoms with E-state index in [0.717, 1.165) is 0 Å². The van der Waals surface area contributed by atoms with E-state index in [2.05, 4.69) is 0 Å². The minimum Gasteiger partial charge on any atom is -0.496 e. The zero-order chi connectivity index (χ0) is 13.5. The van der Waals surface area contributed by atoms with Gasteiger partial charge in [-0.3, -0.25) is 9.59 Å². The number of carbonyl (C=O) groups is 2. The van der Waals surface area contributed by atoms with Crippen molar-refractivity contribution < 1.29 is 19.1 Å². The summed E-state index contributed by atoms with van der Waals surface area (Å²) in [5.41, 5.74) is 1.03. The molecule has 0 aliphatic heterocycles. The van der Waals surface area contributed by atoms with Crippen LogP contribution in [0.2, 0.25) is 0 Å². The van der Waals surface area contributed by atoms with E-state index in [0.29, 0.717) is 17.6 Å². The van der Waals surface area contributed by atoms with Crippen molar-refractivity contribution in [2.75, 3.05) is 13.7 Å². The number of nitrogens with zero attached hydrogens (tertiary/aromatic N) is 1. The molecule has 0 heterocycles. The molecule has 0 amide bonds. The highest BCUT2D eigenvalue weighted by molar-refractivity contribution is 5.82. The Labute approximate surface area is 105 Å². The molecule has 0 N–H and O–H groups in total. The van der Waals surface area contributed by atoms with E-state index in [1.807, 2.05) is 6.07 Å². The van der Waals surface area contributed by atoms with E-state index in [4.69, 9.17) is 14.7 Å². The molecule has 1 aromatic rings. The van der Waals surface area contributed by atoms with Crippen LogP contribution in [0.15, 0.2) is 12.1 Å². The third kappa shape index (κ3) is 3.08. The van der Waals surface area contributed by atoms with Crippen molar-refractivity contribution in [2.45, 2.75) is 13.3 Å². The van der Waals surface area contributed by atoms with Gasteiger partial charge in [0.25, 0.3) is 0 Å². The summed E-state index contributed by atoms with van der Waals surface area (Å²) in [4.78, 5) is 22.2. The van der Waals surface area contributed by atoms with Crippen LogP contribution in [0.3, 0.4) is 0 Å². The summed E-state index contributed by atoms with van der Waals surface area (Å²) in [6.07, 6.45) is 0.583. The molecule has 0 aliphatic rings. The SMILES string of the molecule is CCOC(=O)Cc1cc(OC)c(C=O)cc1C#N. The Morgan fingerprint density at radius 1 is 1.50 bits per heavy atom. The van der Waals surface area contributed by atoms with E-state index in [1.165, 1.54) is 19.2 Å². The number of nitriles is 1. The van der Waals surface area contributed by atoms with Crippen LogP contribution >= 0.6 is 0 Å². The minimum absolute atomic E-state index is 0.0216. The van der Waals surface area contributed by atoms with Gasteiger partial charge in [-0.05, 0) is 24.6 Å². The summed E-state index contributed by atoms with van der Waals surface area (Å²) in [5, 5.41) is 8.99. The maximum Gasteiger partial charge on any atom is 0.310 e. The lowest BCUT2D eigenvalue weighted by Gasteiger charge is -2.09. The van der Waals surface area contributed by atoms with E-state index in [1.54, 1.807) is 6.92 Å². The van der Waals surface area contributed by atoms with Crippen molar-refractivity contribution in [2.24, 2.45) is 0 Å². The molecule has 0 saturated heterocycles. The quantitative estimate of drug-likeness (QED) is 0.582. The molecular weight excluding hydrogens is 234 g/mol. The van der Waals surface area contributed by atoms with Crippen LogP contribution in [-0.2, 0) is 16.0 Å². The summed E-state index contributed by atoms with van der Waals surface area (Å²) in [6.45, 7) is 1.99. The summed E-state index contributed by atoms with van der Waals surface area (Å²) in [6, 6.07) is 4.86. The lowest BCUT2D eigenvalue weighted by molar-refractivity contribution is -0.142. The molecule has 0 aromatic heterocycles. The number of ether oxygens (including phenoxy) is 2. The lowest BCUT2D eigenvalue weighted by atomic mass is 10.0. The number of hydrogen-bond acceptors (Lipinski definition) is 5. The first-order valence-corrected chi connectivity index (χ1v) is 5.38. The van der Waals surface area contributed by atoms with Gasteiger partial charge in [0.1, 0.15) is 5.75 Å². The van der Waals surface area contributed by atoms with Crippen LogP contribution in [0.1, 0.15) is 28.4 Å². The molecule has 5 nitrogen and oxygen atoms in total. The highest BCUT2D eigenvalue weighted by Crippen LogP contribution is 2.22. The molecule has 1 rings (SSSR count). The van der Waals surface area contributed by atoms with Gasteiger partial charge in [-0.15, -0.1) is 0 Å². The van der Waals surface area contributed by atoms with Gasteiger partial charge in [-0.25, -0.2) is 0 Å². The zero-order valence-electron chi connectivity index (χ0n) is 10.2. The van der Waals surface area contributed by atoms with Crippen molar-refractivity contribution in [3.8, 4) is 11.8 Å². The lowest BCUT2D eigenvalue weighted by Crippen LogP contribution is -2.09. The number of esters is 1. The van der Waals surface area contributed by atoms with Crippen molar-refractivity contribution in [3.05, 3.63) is 28.8 Å². The molecule has 0 atom stereocenters. The Kier molecular flexibility index (Phi) is 4.88. The Balaban J connectivity index is 3.14. The van der Waals surface area contributed by atoms with Crippen LogP contribution in [-0.4, -0.2) is 26.0 Å². The molecular formula is C13H13NO4. The minimum atomic E-state index is -0.421. The summed E-state index contributed by atoms with van der Waals surface area (Å²) in [7, 11) is 1.42. The van der Waals surface area contributed by atoms with Crippen molar-refractivity contribution in [3.63, 3.8) is 0 Å². The van der Waals surface area contributed by atoms with Gasteiger partial charge in [0.15, 0.2) is 6.29 Å². The normalized spacial score (nSPS) is 9.39. The number of carbonyl (C=O) groups excluding carboxylic acids is 2. The van der Waals surface area contributed by atoms with Crippen molar-refractivity contribution in [1.82, 2.24) is 0 Å².